The summed E-state index contributed by atoms with van der Waals surface area (Å²) < 4.78 is 1.03. The third-order valence-electron chi connectivity index (χ3n) is 2.14. The van der Waals surface area contributed by atoms with E-state index in [9.17, 15) is 0 Å². The monoisotopic (exact) mass is 256 g/mol. The van der Waals surface area contributed by atoms with E-state index in [-0.39, 0.29) is 0 Å². The van der Waals surface area contributed by atoms with E-state index >= 15 is 0 Å². The van der Waals surface area contributed by atoms with Crippen molar-refractivity contribution in [1.29, 1.82) is 0 Å². The predicted octanol–water partition coefficient (Wildman–Crippen LogP) is 3.33. The van der Waals surface area contributed by atoms with Crippen LogP contribution in [0.4, 0.5) is 5.82 Å². The van der Waals surface area contributed by atoms with Crippen LogP contribution in [0.2, 0.25) is 0 Å². The molecule has 0 saturated heterocycles. The minimum atomic E-state index is 0.743. The molecule has 78 valence electrons. The Labute approximate surface area is 94.5 Å². The first kappa shape index (κ1) is 11.5. The van der Waals surface area contributed by atoms with Gasteiger partial charge in [-0.25, -0.2) is 4.98 Å². The Morgan fingerprint density at radius 1 is 1.43 bits per heavy atom. The zero-order chi connectivity index (χ0) is 10.6. The summed E-state index contributed by atoms with van der Waals surface area (Å²) >= 11 is 3.38. The first-order valence-electron chi connectivity index (χ1n) is 4.92. The second-order valence-electron chi connectivity index (χ2n) is 3.94. The number of pyridine rings is 1. The summed E-state index contributed by atoms with van der Waals surface area (Å²) in [6.45, 7) is 5.54. The summed E-state index contributed by atoms with van der Waals surface area (Å²) in [7, 11) is 2.08. The van der Waals surface area contributed by atoms with Gasteiger partial charge in [0.25, 0.3) is 0 Å². The zero-order valence-electron chi connectivity index (χ0n) is 9.00. The Kier molecular flexibility index (Phi) is 4.39. The fourth-order valence-electron chi connectivity index (χ4n) is 1.16. The van der Waals surface area contributed by atoms with Crippen molar-refractivity contribution in [1.82, 2.24) is 4.98 Å². The Morgan fingerprint density at radius 2 is 2.14 bits per heavy atom. The standard InChI is InChI=1S/C11H17BrN2/c1-9(2)6-7-14(3)11-5-4-10(12)8-13-11/h4-5,8-9H,6-7H2,1-3H3. The third kappa shape index (κ3) is 3.66. The highest BCUT2D eigenvalue weighted by molar-refractivity contribution is 9.10. The fourth-order valence-corrected chi connectivity index (χ4v) is 1.39. The lowest BCUT2D eigenvalue weighted by Crippen LogP contribution is -2.20. The van der Waals surface area contributed by atoms with Gasteiger partial charge in [-0.2, -0.15) is 0 Å². The van der Waals surface area contributed by atoms with Crippen LogP contribution in [0.25, 0.3) is 0 Å². The molecule has 0 spiro atoms. The van der Waals surface area contributed by atoms with Crippen LogP contribution in [0.5, 0.6) is 0 Å². The molecule has 1 aromatic heterocycles. The van der Waals surface area contributed by atoms with Crippen LogP contribution in [0, 0.1) is 5.92 Å². The van der Waals surface area contributed by atoms with Crippen LogP contribution in [-0.4, -0.2) is 18.6 Å². The van der Waals surface area contributed by atoms with Gasteiger partial charge in [0.1, 0.15) is 5.82 Å². The van der Waals surface area contributed by atoms with Gasteiger partial charge in [0.2, 0.25) is 0 Å². The maximum atomic E-state index is 4.34. The zero-order valence-corrected chi connectivity index (χ0v) is 10.6. The number of anilines is 1. The first-order valence-corrected chi connectivity index (χ1v) is 5.71. The molecule has 0 fully saturated rings. The predicted molar refractivity (Wildman–Crippen MR) is 64.7 cm³/mol. The molecule has 1 heterocycles. The molecule has 0 radical (unpaired) electrons. The van der Waals surface area contributed by atoms with Crippen LogP contribution >= 0.6 is 15.9 Å². The summed E-state index contributed by atoms with van der Waals surface area (Å²) in [5.41, 5.74) is 0. The van der Waals surface area contributed by atoms with E-state index in [1.807, 2.05) is 18.3 Å². The molecule has 0 bridgehead atoms. The van der Waals surface area contributed by atoms with Crippen molar-refractivity contribution in [2.24, 2.45) is 5.92 Å². The second kappa shape index (κ2) is 5.35. The number of halogens is 1. The van der Waals surface area contributed by atoms with Crippen LogP contribution < -0.4 is 4.90 Å². The van der Waals surface area contributed by atoms with Crippen molar-refractivity contribution in [2.75, 3.05) is 18.5 Å². The van der Waals surface area contributed by atoms with Crippen LogP contribution in [-0.2, 0) is 0 Å². The number of nitrogens with zero attached hydrogens (tertiary/aromatic N) is 2. The molecule has 0 aromatic carbocycles. The van der Waals surface area contributed by atoms with Crippen LogP contribution in [0.1, 0.15) is 20.3 Å². The quantitative estimate of drug-likeness (QED) is 0.822. The summed E-state index contributed by atoms with van der Waals surface area (Å²) in [5, 5.41) is 0. The lowest BCUT2D eigenvalue weighted by atomic mass is 10.1. The number of aromatic nitrogens is 1. The Balaban J connectivity index is 2.52. The van der Waals surface area contributed by atoms with Crippen molar-refractivity contribution in [2.45, 2.75) is 20.3 Å². The van der Waals surface area contributed by atoms with Gasteiger partial charge in [0.15, 0.2) is 0 Å². The number of hydrogen-bond acceptors (Lipinski definition) is 2. The molecule has 0 amide bonds. The largest absolute Gasteiger partial charge is 0.360 e. The molecular formula is C11H17BrN2. The van der Waals surface area contributed by atoms with Gasteiger partial charge in [-0.1, -0.05) is 13.8 Å². The van der Waals surface area contributed by atoms with Crippen molar-refractivity contribution in [3.8, 4) is 0 Å². The van der Waals surface area contributed by atoms with Gasteiger partial charge in [-0.3, -0.25) is 0 Å². The van der Waals surface area contributed by atoms with E-state index in [0.717, 1.165) is 22.8 Å². The van der Waals surface area contributed by atoms with Crippen molar-refractivity contribution < 1.29 is 0 Å². The lowest BCUT2D eigenvalue weighted by Gasteiger charge is -2.18. The van der Waals surface area contributed by atoms with Gasteiger partial charge in [-0.15, -0.1) is 0 Å². The van der Waals surface area contributed by atoms with Crippen molar-refractivity contribution >= 4 is 21.7 Å². The molecule has 3 heteroatoms. The fraction of sp³-hybridized carbons (Fsp3) is 0.545. The smallest absolute Gasteiger partial charge is 0.128 e. The van der Waals surface area contributed by atoms with E-state index in [4.69, 9.17) is 0 Å². The topological polar surface area (TPSA) is 16.1 Å². The number of rotatable bonds is 4. The highest BCUT2D eigenvalue weighted by Gasteiger charge is 2.02. The van der Waals surface area contributed by atoms with Crippen LogP contribution in [0.15, 0.2) is 22.8 Å². The molecule has 1 rings (SSSR count). The van der Waals surface area contributed by atoms with Crippen LogP contribution in [0.3, 0.4) is 0 Å². The minimum Gasteiger partial charge on any atom is -0.360 e. The molecular weight excluding hydrogens is 240 g/mol. The maximum absolute atomic E-state index is 4.34. The van der Waals surface area contributed by atoms with E-state index < -0.39 is 0 Å². The molecule has 1 aromatic rings. The van der Waals surface area contributed by atoms with E-state index in [0.29, 0.717) is 0 Å². The molecule has 0 aliphatic carbocycles. The molecule has 14 heavy (non-hydrogen) atoms. The minimum absolute atomic E-state index is 0.743. The highest BCUT2D eigenvalue weighted by atomic mass is 79.9. The van der Waals surface area contributed by atoms with Gasteiger partial charge in [0, 0.05) is 24.3 Å². The molecule has 0 aliphatic heterocycles. The molecule has 0 atom stereocenters. The number of hydrogen-bond donors (Lipinski definition) is 0. The molecule has 0 saturated carbocycles. The normalized spacial score (nSPS) is 10.6. The third-order valence-corrected chi connectivity index (χ3v) is 2.61. The average Bonchev–Trinajstić information content (AvgIpc) is 2.15. The van der Waals surface area contributed by atoms with E-state index in [1.165, 1.54) is 6.42 Å². The van der Waals surface area contributed by atoms with Gasteiger partial charge < -0.3 is 4.90 Å². The molecule has 0 aliphatic rings. The second-order valence-corrected chi connectivity index (χ2v) is 4.85. The van der Waals surface area contributed by atoms with Crippen molar-refractivity contribution in [3.63, 3.8) is 0 Å². The summed E-state index contributed by atoms with van der Waals surface area (Å²) in [5.74, 6) is 1.78. The average molecular weight is 257 g/mol. The summed E-state index contributed by atoms with van der Waals surface area (Å²) in [4.78, 5) is 6.52. The Bertz CT molecular complexity index is 269. The van der Waals surface area contributed by atoms with Gasteiger partial charge in [-0.05, 0) is 40.4 Å². The van der Waals surface area contributed by atoms with E-state index in [1.54, 1.807) is 0 Å². The first-order chi connectivity index (χ1) is 6.59. The lowest BCUT2D eigenvalue weighted by molar-refractivity contribution is 0.583. The van der Waals surface area contributed by atoms with Gasteiger partial charge >= 0.3 is 0 Å². The molecule has 2 nitrogen and oxygen atoms in total. The molecule has 0 unspecified atom stereocenters. The summed E-state index contributed by atoms with van der Waals surface area (Å²) in [6, 6.07) is 4.05. The SMILES string of the molecule is CC(C)CCN(C)c1ccc(Br)cn1. The van der Waals surface area contributed by atoms with Gasteiger partial charge in [0.05, 0.1) is 0 Å². The van der Waals surface area contributed by atoms with Crippen molar-refractivity contribution in [3.05, 3.63) is 22.8 Å². The Morgan fingerprint density at radius 3 is 2.64 bits per heavy atom. The maximum Gasteiger partial charge on any atom is 0.128 e. The molecule has 0 N–H and O–H groups in total. The highest BCUT2D eigenvalue weighted by Crippen LogP contribution is 2.14. The van der Waals surface area contributed by atoms with E-state index in [2.05, 4.69) is 46.7 Å². The summed E-state index contributed by atoms with van der Waals surface area (Å²) in [6.07, 6.45) is 3.04. The Hall–Kier alpha value is -0.570.